The van der Waals surface area contributed by atoms with Crippen molar-refractivity contribution in [2.45, 2.75) is 25.0 Å². The third-order valence-electron chi connectivity index (χ3n) is 5.90. The lowest BCUT2D eigenvalue weighted by Gasteiger charge is -2.29. The summed E-state index contributed by atoms with van der Waals surface area (Å²) in [5.74, 6) is -0.0637. The molecule has 4 aromatic rings. The van der Waals surface area contributed by atoms with Gasteiger partial charge in [-0.3, -0.25) is 9.36 Å². The summed E-state index contributed by atoms with van der Waals surface area (Å²) in [7, 11) is -3.60. The van der Waals surface area contributed by atoms with E-state index >= 15 is 0 Å². The highest BCUT2D eigenvalue weighted by Crippen LogP contribution is 2.49. The van der Waals surface area contributed by atoms with Gasteiger partial charge in [0.1, 0.15) is 0 Å². The Morgan fingerprint density at radius 1 is 0.778 bits per heavy atom. The average molecular weight is 496 g/mol. The van der Waals surface area contributed by atoms with Gasteiger partial charge in [0.05, 0.1) is 12.1 Å². The van der Waals surface area contributed by atoms with Crippen LogP contribution in [-0.4, -0.2) is 11.9 Å². The van der Waals surface area contributed by atoms with Gasteiger partial charge >= 0.3 is 0 Å². The van der Waals surface area contributed by atoms with Crippen molar-refractivity contribution in [2.75, 3.05) is 0 Å². The lowest BCUT2D eigenvalue weighted by atomic mass is 9.96. The Kier molecular flexibility index (Phi) is 8.48. The number of ketones is 1. The number of benzene rings is 4. The Morgan fingerprint density at radius 2 is 1.25 bits per heavy atom. The Balaban J connectivity index is 1.75. The van der Waals surface area contributed by atoms with E-state index in [1.807, 2.05) is 84.9 Å². The third kappa shape index (κ3) is 5.99. The molecule has 0 aliphatic carbocycles. The van der Waals surface area contributed by atoms with E-state index in [1.54, 1.807) is 36.4 Å². The highest BCUT2D eigenvalue weighted by molar-refractivity contribution is 7.74. The summed E-state index contributed by atoms with van der Waals surface area (Å²) in [6.45, 7) is 0. The van der Waals surface area contributed by atoms with Gasteiger partial charge in [-0.2, -0.15) is 0 Å². The van der Waals surface area contributed by atoms with Crippen LogP contribution in [0.2, 0.25) is 0 Å². The highest BCUT2D eigenvalue weighted by Gasteiger charge is 2.35. The first-order valence-electron chi connectivity index (χ1n) is 11.7. The maximum Gasteiger partial charge on any atom is 0.261 e. The van der Waals surface area contributed by atoms with Gasteiger partial charge in [-0.05, 0) is 41.8 Å². The average Bonchev–Trinajstić information content (AvgIpc) is 2.95. The normalized spacial score (nSPS) is 12.8. The molecule has 0 saturated carbocycles. The molecule has 0 aliphatic heterocycles. The molecule has 0 bridgehead atoms. The fourth-order valence-electron chi connectivity index (χ4n) is 4.08. The van der Waals surface area contributed by atoms with Crippen LogP contribution in [0.3, 0.4) is 0 Å². The smallest absolute Gasteiger partial charge is 0.261 e. The fourth-order valence-corrected chi connectivity index (χ4v) is 6.35. The molecule has 2 atom stereocenters. The minimum Gasteiger partial charge on any atom is -0.318 e. The maximum absolute atomic E-state index is 14.6. The van der Waals surface area contributed by atoms with Gasteiger partial charge in [0.15, 0.2) is 5.78 Å². The fraction of sp³-hybridized carbons (Fsp3) is 0.138. The van der Waals surface area contributed by atoms with Crippen molar-refractivity contribution in [1.29, 1.82) is 0 Å². The zero-order valence-corrected chi connectivity index (χ0v) is 20.5. The summed E-state index contributed by atoms with van der Waals surface area (Å²) >= 11 is 0. The highest BCUT2D eigenvalue weighted by atomic mass is 31.2. The Bertz CT molecular complexity index is 1320. The maximum atomic E-state index is 14.6. The summed E-state index contributed by atoms with van der Waals surface area (Å²) in [6.07, 6.45) is -0.458. The lowest BCUT2D eigenvalue weighted by molar-refractivity contribution is 0.0944. The van der Waals surface area contributed by atoms with E-state index in [0.29, 0.717) is 16.2 Å². The number of Topliss-reactive ketones (excluding diaryl/α,β-unsaturated/α-hetero) is 1. The van der Waals surface area contributed by atoms with Crippen molar-refractivity contribution >= 4 is 23.8 Å². The predicted molar refractivity (Wildman–Crippen MR) is 143 cm³/mol. The molecule has 0 fully saturated rings. The van der Waals surface area contributed by atoms with Crippen LogP contribution < -0.4 is 10.6 Å². The first-order chi connectivity index (χ1) is 17.6. The number of hydrogen-bond acceptors (Lipinski definition) is 4. The number of carbonyl (C=O) groups excluding carboxylic acids is 1. The molecule has 4 rings (SSSR count). The van der Waals surface area contributed by atoms with Crippen molar-refractivity contribution in [3.63, 3.8) is 0 Å². The monoisotopic (exact) mass is 495 g/mol. The quantitative estimate of drug-likeness (QED) is 0.0736. The summed E-state index contributed by atoms with van der Waals surface area (Å²) in [6, 6.07) is 35.5. The summed E-state index contributed by atoms with van der Waals surface area (Å²) in [5, 5.41) is 5.10. The van der Waals surface area contributed by atoms with Gasteiger partial charge < -0.3 is 4.52 Å². The van der Waals surface area contributed by atoms with E-state index in [4.69, 9.17) is 4.52 Å². The second kappa shape index (κ2) is 12.1. The largest absolute Gasteiger partial charge is 0.318 e. The van der Waals surface area contributed by atoms with Gasteiger partial charge in [0.2, 0.25) is 0 Å². The molecule has 0 unspecified atom stereocenters. The first-order valence-corrected chi connectivity index (χ1v) is 13.3. The van der Waals surface area contributed by atoms with Crippen molar-refractivity contribution in [3.8, 4) is 0 Å². The van der Waals surface area contributed by atoms with Crippen molar-refractivity contribution in [2.24, 2.45) is 5.11 Å². The predicted octanol–water partition coefficient (Wildman–Crippen LogP) is 7.02. The molecule has 0 N–H and O–H groups in total. The summed E-state index contributed by atoms with van der Waals surface area (Å²) in [4.78, 5) is 16.0. The lowest BCUT2D eigenvalue weighted by Crippen LogP contribution is -2.27. The summed E-state index contributed by atoms with van der Waals surface area (Å²) in [5.41, 5.74) is 10.7. The molecular formula is C29H26N3O3P. The number of azide groups is 1. The van der Waals surface area contributed by atoms with E-state index in [9.17, 15) is 14.9 Å². The molecule has 0 aromatic heterocycles. The van der Waals surface area contributed by atoms with Crippen molar-refractivity contribution in [1.82, 2.24) is 0 Å². The van der Waals surface area contributed by atoms with E-state index < -0.39 is 19.5 Å². The van der Waals surface area contributed by atoms with E-state index in [0.717, 1.165) is 5.56 Å². The molecule has 0 saturated heterocycles. The topological polar surface area (TPSA) is 92.1 Å². The number of rotatable bonds is 11. The molecular weight excluding hydrogens is 469 g/mol. The van der Waals surface area contributed by atoms with Crippen molar-refractivity contribution in [3.05, 3.63) is 143 Å². The number of carbonyl (C=O) groups is 1. The molecule has 4 aromatic carbocycles. The van der Waals surface area contributed by atoms with Crippen LogP contribution in [0.1, 0.15) is 34.8 Å². The summed E-state index contributed by atoms with van der Waals surface area (Å²) < 4.78 is 21.1. The molecule has 0 heterocycles. The molecule has 0 spiro atoms. The standard InChI is InChI=1S/C29H26N3O3P/c30-32-31-29(24-15-7-2-8-16-24)28(22-21-27(33)23-13-5-1-6-14-23)35-36(34,25-17-9-3-10-18-25)26-19-11-4-12-20-26/h1-20,28-29H,21-22H2/t28-,29+/m1/s1. The molecule has 36 heavy (non-hydrogen) atoms. The van der Waals surface area contributed by atoms with Gasteiger partial charge in [-0.25, -0.2) is 0 Å². The number of nitrogens with zero attached hydrogens (tertiary/aromatic N) is 3. The molecule has 0 radical (unpaired) electrons. The zero-order chi connectivity index (χ0) is 25.2. The molecule has 0 amide bonds. The van der Waals surface area contributed by atoms with E-state index in [1.165, 1.54) is 0 Å². The minimum atomic E-state index is -3.60. The van der Waals surface area contributed by atoms with E-state index in [-0.39, 0.29) is 18.6 Å². The molecule has 6 nitrogen and oxygen atoms in total. The van der Waals surface area contributed by atoms with Crippen LogP contribution in [-0.2, 0) is 9.09 Å². The minimum absolute atomic E-state index is 0.0637. The van der Waals surface area contributed by atoms with Crippen LogP contribution in [0.15, 0.2) is 126 Å². The number of hydrogen-bond donors (Lipinski definition) is 0. The first kappa shape index (κ1) is 25.2. The molecule has 7 heteroatoms. The molecule has 0 aliphatic rings. The third-order valence-corrected chi connectivity index (χ3v) is 8.42. The molecule has 180 valence electrons. The second-order valence-corrected chi connectivity index (χ2v) is 10.6. The van der Waals surface area contributed by atoms with Gasteiger partial charge in [-0.15, -0.1) is 0 Å². The SMILES string of the molecule is [N-]=[N+]=N[C@@H](c1ccccc1)[C@@H](CCC(=O)c1ccccc1)OP(=O)(c1ccccc1)c1ccccc1. The second-order valence-electron chi connectivity index (χ2n) is 8.25. The Labute approximate surface area is 210 Å². The Morgan fingerprint density at radius 3 is 1.75 bits per heavy atom. The van der Waals surface area contributed by atoms with Crippen LogP contribution in [0.25, 0.3) is 10.4 Å². The van der Waals surface area contributed by atoms with Gasteiger partial charge in [0.25, 0.3) is 7.37 Å². The van der Waals surface area contributed by atoms with Gasteiger partial charge in [0, 0.05) is 27.5 Å². The van der Waals surface area contributed by atoms with Crippen LogP contribution in [0.4, 0.5) is 0 Å². The van der Waals surface area contributed by atoms with Crippen molar-refractivity contribution < 1.29 is 13.9 Å². The van der Waals surface area contributed by atoms with Gasteiger partial charge in [-0.1, -0.05) is 102 Å². The zero-order valence-electron chi connectivity index (χ0n) is 19.6. The Hall–Kier alpha value is -3.95. The van der Waals surface area contributed by atoms with Crippen LogP contribution in [0.5, 0.6) is 0 Å². The van der Waals surface area contributed by atoms with Crippen LogP contribution in [0, 0.1) is 0 Å². The van der Waals surface area contributed by atoms with Crippen LogP contribution >= 0.6 is 7.37 Å². The van der Waals surface area contributed by atoms with E-state index in [2.05, 4.69) is 10.0 Å².